The van der Waals surface area contributed by atoms with Gasteiger partial charge >= 0.3 is 0 Å². The Bertz CT molecular complexity index is 2810. The van der Waals surface area contributed by atoms with E-state index in [1.54, 1.807) is 0 Å². The summed E-state index contributed by atoms with van der Waals surface area (Å²) in [5, 5.41) is 4.26. The first kappa shape index (κ1) is 28.2. The van der Waals surface area contributed by atoms with E-state index in [9.17, 15) is 0 Å². The molecule has 5 heteroatoms. The van der Waals surface area contributed by atoms with Crippen LogP contribution in [0, 0.1) is 0 Å². The maximum atomic E-state index is 6.33. The lowest BCUT2D eigenvalue weighted by Crippen LogP contribution is -2.00. The molecule has 7 aromatic carbocycles. The topological polar surface area (TPSA) is 65.0 Å². The number of para-hydroxylation sites is 1. The van der Waals surface area contributed by atoms with Gasteiger partial charge in [-0.25, -0.2) is 15.0 Å². The van der Waals surface area contributed by atoms with Gasteiger partial charge < -0.3 is 8.83 Å². The molecule has 3 aromatic heterocycles. The number of aromatic nitrogens is 3. The van der Waals surface area contributed by atoms with Crippen LogP contribution in [0.15, 0.2) is 173 Å². The molecule has 0 aliphatic rings. The lowest BCUT2D eigenvalue weighted by atomic mass is 9.97. The minimum atomic E-state index is 0.631. The number of rotatable bonds is 5. The summed E-state index contributed by atoms with van der Waals surface area (Å²) in [6.07, 6.45) is 0. The lowest BCUT2D eigenvalue weighted by molar-refractivity contribution is 0.664. The number of hydrogen-bond donors (Lipinski definition) is 0. The molecule has 0 bridgehead atoms. The monoisotopic (exact) mass is 641 g/mol. The van der Waals surface area contributed by atoms with Gasteiger partial charge in [0.05, 0.1) is 0 Å². The van der Waals surface area contributed by atoms with Gasteiger partial charge in [-0.05, 0) is 64.7 Å². The Morgan fingerprint density at radius 1 is 0.260 bits per heavy atom. The fourth-order valence-corrected chi connectivity index (χ4v) is 6.83. The van der Waals surface area contributed by atoms with Gasteiger partial charge in [-0.3, -0.25) is 0 Å². The first-order valence-electron chi connectivity index (χ1n) is 16.6. The van der Waals surface area contributed by atoms with Gasteiger partial charge in [0.1, 0.15) is 22.3 Å². The average molecular weight is 642 g/mol. The van der Waals surface area contributed by atoms with Crippen molar-refractivity contribution in [3.63, 3.8) is 0 Å². The third-order valence-corrected chi connectivity index (χ3v) is 9.32. The van der Waals surface area contributed by atoms with Crippen LogP contribution >= 0.6 is 0 Å². The van der Waals surface area contributed by atoms with E-state index >= 15 is 0 Å². The van der Waals surface area contributed by atoms with Crippen molar-refractivity contribution in [2.45, 2.75) is 0 Å². The second-order valence-corrected chi connectivity index (χ2v) is 12.5. The van der Waals surface area contributed by atoms with Crippen molar-refractivity contribution >= 4 is 43.9 Å². The van der Waals surface area contributed by atoms with Crippen LogP contribution in [0.25, 0.3) is 100 Å². The van der Waals surface area contributed by atoms with Gasteiger partial charge in [0, 0.05) is 38.2 Å². The van der Waals surface area contributed by atoms with Gasteiger partial charge in [-0.15, -0.1) is 0 Å². The quantitative estimate of drug-likeness (QED) is 0.187. The molecule has 0 N–H and O–H groups in total. The molecule has 0 saturated carbocycles. The summed E-state index contributed by atoms with van der Waals surface area (Å²) < 4.78 is 12.5. The van der Waals surface area contributed by atoms with E-state index in [4.69, 9.17) is 23.8 Å². The zero-order valence-corrected chi connectivity index (χ0v) is 26.7. The Labute approximate surface area is 287 Å². The number of hydrogen-bond acceptors (Lipinski definition) is 5. The molecule has 10 rings (SSSR count). The Balaban J connectivity index is 1.04. The average Bonchev–Trinajstić information content (AvgIpc) is 3.74. The Kier molecular flexibility index (Phi) is 6.42. The predicted octanol–water partition coefficient (Wildman–Crippen LogP) is 12.0. The van der Waals surface area contributed by atoms with Crippen molar-refractivity contribution in [2.24, 2.45) is 0 Å². The fourth-order valence-electron chi connectivity index (χ4n) is 6.83. The van der Waals surface area contributed by atoms with Crippen molar-refractivity contribution in [1.82, 2.24) is 15.0 Å². The zero-order valence-electron chi connectivity index (χ0n) is 26.7. The number of furan rings is 2. The Hall–Kier alpha value is -6.85. The van der Waals surface area contributed by atoms with Crippen LogP contribution in [0.2, 0.25) is 0 Å². The van der Waals surface area contributed by atoms with Crippen molar-refractivity contribution in [3.8, 4) is 56.4 Å². The molecule has 5 nitrogen and oxygen atoms in total. The van der Waals surface area contributed by atoms with E-state index in [1.807, 2.05) is 78.9 Å². The van der Waals surface area contributed by atoms with Crippen LogP contribution in [-0.4, -0.2) is 15.0 Å². The van der Waals surface area contributed by atoms with E-state index in [0.29, 0.717) is 17.5 Å². The molecule has 0 fully saturated rings. The fraction of sp³-hybridized carbons (Fsp3) is 0. The van der Waals surface area contributed by atoms with E-state index in [2.05, 4.69) is 84.9 Å². The van der Waals surface area contributed by atoms with Crippen LogP contribution in [0.5, 0.6) is 0 Å². The number of fused-ring (bicyclic) bond motifs is 6. The molecule has 0 radical (unpaired) electrons. The zero-order chi connectivity index (χ0) is 33.0. The number of benzene rings is 7. The molecule has 0 unspecified atom stereocenters. The van der Waals surface area contributed by atoms with Crippen molar-refractivity contribution < 1.29 is 8.83 Å². The maximum Gasteiger partial charge on any atom is 0.164 e. The molecular weight excluding hydrogens is 615 g/mol. The Morgan fingerprint density at radius 3 is 1.30 bits per heavy atom. The van der Waals surface area contributed by atoms with Crippen LogP contribution in [0.1, 0.15) is 0 Å². The van der Waals surface area contributed by atoms with Gasteiger partial charge in [0.25, 0.3) is 0 Å². The highest BCUT2D eigenvalue weighted by Crippen LogP contribution is 2.38. The van der Waals surface area contributed by atoms with E-state index in [1.165, 1.54) is 0 Å². The third-order valence-electron chi connectivity index (χ3n) is 9.32. The largest absolute Gasteiger partial charge is 0.456 e. The minimum Gasteiger partial charge on any atom is -0.456 e. The number of nitrogens with zero attached hydrogens (tertiary/aromatic N) is 3. The van der Waals surface area contributed by atoms with E-state index in [0.717, 1.165) is 82.8 Å². The van der Waals surface area contributed by atoms with E-state index in [-0.39, 0.29) is 0 Å². The highest BCUT2D eigenvalue weighted by molar-refractivity contribution is 6.15. The summed E-state index contributed by atoms with van der Waals surface area (Å²) in [6.45, 7) is 0. The van der Waals surface area contributed by atoms with Crippen molar-refractivity contribution in [2.75, 3.05) is 0 Å². The minimum absolute atomic E-state index is 0.631. The molecule has 3 heterocycles. The molecule has 0 aliphatic carbocycles. The SMILES string of the molecule is c1ccc(-c2nc(-c3ccccc3)nc(-c3cccc(-c4cccc(-c5ccc6oc7cc8c(cc7c6c5)oc5ccccc58)c4)c3)n2)cc1. The molecule has 0 atom stereocenters. The molecule has 50 heavy (non-hydrogen) atoms. The summed E-state index contributed by atoms with van der Waals surface area (Å²) in [4.78, 5) is 14.7. The third kappa shape index (κ3) is 4.83. The summed E-state index contributed by atoms with van der Waals surface area (Å²) >= 11 is 0. The highest BCUT2D eigenvalue weighted by Gasteiger charge is 2.16. The summed E-state index contributed by atoms with van der Waals surface area (Å²) in [5.41, 5.74) is 10.7. The van der Waals surface area contributed by atoms with Crippen LogP contribution in [0.4, 0.5) is 0 Å². The molecule has 0 amide bonds. The smallest absolute Gasteiger partial charge is 0.164 e. The maximum absolute atomic E-state index is 6.33. The van der Waals surface area contributed by atoms with Gasteiger partial charge in [-0.1, -0.05) is 121 Å². The highest BCUT2D eigenvalue weighted by atomic mass is 16.3. The van der Waals surface area contributed by atoms with Crippen LogP contribution < -0.4 is 0 Å². The summed E-state index contributed by atoms with van der Waals surface area (Å²) in [6, 6.07) is 55.9. The van der Waals surface area contributed by atoms with Crippen molar-refractivity contribution in [1.29, 1.82) is 0 Å². The Morgan fingerprint density at radius 2 is 0.680 bits per heavy atom. The molecule has 234 valence electrons. The predicted molar refractivity (Wildman–Crippen MR) is 202 cm³/mol. The standard InChI is InChI=1S/C45H27N3O2/c1-3-11-28(12-4-1)43-46-44(29-13-5-2-6-14-29)48-45(47-43)34-18-10-17-32(24-34)30-15-9-16-31(23-30)33-21-22-40-36(25-33)38-27-41-37(26-42(38)50-40)35-19-7-8-20-39(35)49-41/h1-27H. The molecule has 0 aliphatic heterocycles. The molecule has 0 saturated heterocycles. The van der Waals surface area contributed by atoms with Crippen LogP contribution in [-0.2, 0) is 0 Å². The van der Waals surface area contributed by atoms with Gasteiger partial charge in [0.15, 0.2) is 17.5 Å². The molecule has 10 aromatic rings. The van der Waals surface area contributed by atoms with Gasteiger partial charge in [-0.2, -0.15) is 0 Å². The second kappa shape index (κ2) is 11.4. The van der Waals surface area contributed by atoms with Crippen molar-refractivity contribution in [3.05, 3.63) is 164 Å². The van der Waals surface area contributed by atoms with Crippen LogP contribution in [0.3, 0.4) is 0 Å². The lowest BCUT2D eigenvalue weighted by Gasteiger charge is -2.10. The normalized spacial score (nSPS) is 11.6. The summed E-state index contributed by atoms with van der Waals surface area (Å²) in [5.74, 6) is 1.92. The summed E-state index contributed by atoms with van der Waals surface area (Å²) in [7, 11) is 0. The van der Waals surface area contributed by atoms with Gasteiger partial charge in [0.2, 0.25) is 0 Å². The molecular formula is C45H27N3O2. The first-order chi connectivity index (χ1) is 24.7. The second-order valence-electron chi connectivity index (χ2n) is 12.5. The van der Waals surface area contributed by atoms with E-state index < -0.39 is 0 Å². The molecule has 0 spiro atoms. The first-order valence-corrected chi connectivity index (χ1v) is 16.6.